The molecule has 214 valence electrons. The zero-order valence-electron chi connectivity index (χ0n) is 23.8. The van der Waals surface area contributed by atoms with Crippen LogP contribution >= 0.6 is 24.7 Å². The number of benzene rings is 3. The van der Waals surface area contributed by atoms with Gasteiger partial charge < -0.3 is 23.5 Å². The van der Waals surface area contributed by atoms with E-state index in [4.69, 9.17) is 23.5 Å². The van der Waals surface area contributed by atoms with E-state index in [0.717, 1.165) is 62.1 Å². The Morgan fingerprint density at radius 1 is 0.897 bits per heavy atom. The molecule has 39 heavy (non-hydrogen) atoms. The summed E-state index contributed by atoms with van der Waals surface area (Å²) in [6.45, 7) is 5.70. The third-order valence-electron chi connectivity index (χ3n) is 6.45. The fourth-order valence-corrected chi connectivity index (χ4v) is 5.45. The van der Waals surface area contributed by atoms with Gasteiger partial charge in [0.1, 0.15) is 5.82 Å². The lowest BCUT2D eigenvalue weighted by molar-refractivity contribution is 0.158. The van der Waals surface area contributed by atoms with Crippen LogP contribution in [-0.2, 0) is 19.4 Å². The SMILES string of the molecule is CC.CO.COc1cc2c(cc1OC)C1Cc3ccc(OC)c(OSc4cccc(F)c4)c3CN1CC2.CS. The van der Waals surface area contributed by atoms with Crippen molar-refractivity contribution in [1.82, 2.24) is 4.90 Å². The first-order valence-electron chi connectivity index (χ1n) is 12.8. The van der Waals surface area contributed by atoms with Gasteiger partial charge in [0.25, 0.3) is 0 Å². The number of rotatable bonds is 6. The third kappa shape index (κ3) is 7.54. The monoisotopic (exact) mass is 577 g/mol. The summed E-state index contributed by atoms with van der Waals surface area (Å²) in [6.07, 6.45) is 3.50. The number of nitrogens with zero attached hydrogens (tertiary/aromatic N) is 1. The quantitative estimate of drug-likeness (QED) is 0.248. The smallest absolute Gasteiger partial charge is 0.184 e. The van der Waals surface area contributed by atoms with Crippen LogP contribution in [0, 0.1) is 5.82 Å². The number of ether oxygens (including phenoxy) is 3. The second kappa shape index (κ2) is 16.5. The molecule has 0 saturated heterocycles. The molecule has 0 saturated carbocycles. The number of hydrogen-bond donors (Lipinski definition) is 2. The van der Waals surface area contributed by atoms with Crippen molar-refractivity contribution >= 4 is 24.7 Å². The summed E-state index contributed by atoms with van der Waals surface area (Å²) >= 11 is 4.68. The normalized spacial score (nSPS) is 14.8. The highest BCUT2D eigenvalue weighted by atomic mass is 32.2. The number of aliphatic hydroxyl groups excluding tert-OH is 1. The van der Waals surface area contributed by atoms with E-state index < -0.39 is 0 Å². The van der Waals surface area contributed by atoms with Crippen molar-refractivity contribution in [2.75, 3.05) is 41.2 Å². The molecule has 1 unspecified atom stereocenters. The first-order valence-corrected chi connectivity index (χ1v) is 14.4. The molecule has 2 aliphatic rings. The Labute approximate surface area is 242 Å². The number of fused-ring (bicyclic) bond motifs is 4. The van der Waals surface area contributed by atoms with Gasteiger partial charge in [-0.05, 0) is 72.2 Å². The Hall–Kier alpha value is -2.59. The van der Waals surface area contributed by atoms with Crippen LogP contribution in [0.25, 0.3) is 0 Å². The van der Waals surface area contributed by atoms with E-state index >= 15 is 0 Å². The summed E-state index contributed by atoms with van der Waals surface area (Å²) in [5.41, 5.74) is 4.95. The Morgan fingerprint density at radius 2 is 1.56 bits per heavy atom. The van der Waals surface area contributed by atoms with Crippen molar-refractivity contribution in [3.05, 3.63) is 76.6 Å². The van der Waals surface area contributed by atoms with Crippen LogP contribution in [0.4, 0.5) is 4.39 Å². The third-order valence-corrected chi connectivity index (χ3v) is 7.14. The largest absolute Gasteiger partial charge is 0.493 e. The number of hydrogen-bond acceptors (Lipinski definition) is 8. The lowest BCUT2D eigenvalue weighted by Crippen LogP contribution is -2.39. The predicted molar refractivity (Wildman–Crippen MR) is 160 cm³/mol. The van der Waals surface area contributed by atoms with E-state index in [1.54, 1.807) is 33.7 Å². The summed E-state index contributed by atoms with van der Waals surface area (Å²) in [5.74, 6) is 2.64. The van der Waals surface area contributed by atoms with Crippen molar-refractivity contribution in [3.8, 4) is 23.0 Å². The van der Waals surface area contributed by atoms with Gasteiger partial charge in [-0.1, -0.05) is 26.0 Å². The van der Waals surface area contributed by atoms with Gasteiger partial charge in [0.2, 0.25) is 0 Å². The van der Waals surface area contributed by atoms with E-state index in [-0.39, 0.29) is 11.9 Å². The average Bonchev–Trinajstić information content (AvgIpc) is 3.01. The first kappa shape index (κ1) is 32.6. The van der Waals surface area contributed by atoms with Crippen LogP contribution < -0.4 is 18.4 Å². The van der Waals surface area contributed by atoms with Gasteiger partial charge >= 0.3 is 0 Å². The standard InChI is InChI=1S/C26H26FNO4S.C2H6.CH4O.CH4S/c1-29-23-8-7-16-11-22-20-14-25(31-3)24(30-2)12-17(20)9-10-28(22)15-21(16)26(23)32-33-19-6-4-5-18(27)13-19;3*1-2/h4-8,12-14,22H,9-11,15H2,1-3H3;1-2H3;2*2H,1H3. The minimum atomic E-state index is -0.285. The molecule has 3 aromatic rings. The summed E-state index contributed by atoms with van der Waals surface area (Å²) in [6, 6.07) is 15.0. The Balaban J connectivity index is 0.000000833. The summed E-state index contributed by atoms with van der Waals surface area (Å²) in [4.78, 5) is 3.19. The second-order valence-corrected chi connectivity index (χ2v) is 9.01. The van der Waals surface area contributed by atoms with Crippen LogP contribution in [0.3, 0.4) is 0 Å². The predicted octanol–water partition coefficient (Wildman–Crippen LogP) is 6.77. The van der Waals surface area contributed by atoms with E-state index in [2.05, 4.69) is 35.7 Å². The highest BCUT2D eigenvalue weighted by molar-refractivity contribution is 7.95. The topological polar surface area (TPSA) is 60.4 Å². The van der Waals surface area contributed by atoms with Gasteiger partial charge in [0.15, 0.2) is 23.0 Å². The molecule has 6 nitrogen and oxygen atoms in total. The average molecular weight is 578 g/mol. The van der Waals surface area contributed by atoms with Crippen LogP contribution in [0.5, 0.6) is 23.0 Å². The number of methoxy groups -OCH3 is 3. The molecular weight excluding hydrogens is 537 g/mol. The molecule has 0 bridgehead atoms. The lowest BCUT2D eigenvalue weighted by atomic mass is 9.83. The highest BCUT2D eigenvalue weighted by Gasteiger charge is 2.35. The molecule has 1 N–H and O–H groups in total. The molecule has 3 aromatic carbocycles. The number of halogens is 1. The van der Waals surface area contributed by atoms with Gasteiger partial charge in [0.05, 0.1) is 38.3 Å². The summed E-state index contributed by atoms with van der Waals surface area (Å²) in [7, 11) is 5.99. The van der Waals surface area contributed by atoms with Crippen molar-refractivity contribution < 1.29 is 27.9 Å². The molecule has 0 radical (unpaired) electrons. The molecule has 9 heteroatoms. The van der Waals surface area contributed by atoms with Gasteiger partial charge in [0, 0.05) is 31.8 Å². The van der Waals surface area contributed by atoms with Crippen LogP contribution in [0.15, 0.2) is 53.4 Å². The Kier molecular flexibility index (Phi) is 13.8. The fourth-order valence-electron chi connectivity index (χ4n) is 4.79. The van der Waals surface area contributed by atoms with Gasteiger partial charge in [-0.25, -0.2) is 4.39 Å². The maximum Gasteiger partial charge on any atom is 0.184 e. The first-order chi connectivity index (χ1) is 19.1. The molecule has 0 aliphatic carbocycles. The zero-order chi connectivity index (χ0) is 28.9. The fraction of sp³-hybridized carbons (Fsp3) is 0.400. The molecule has 0 amide bonds. The van der Waals surface area contributed by atoms with Crippen LogP contribution in [-0.4, -0.2) is 51.2 Å². The number of aliphatic hydroxyl groups is 1. The van der Waals surface area contributed by atoms with Crippen molar-refractivity contribution in [2.24, 2.45) is 0 Å². The summed E-state index contributed by atoms with van der Waals surface area (Å²) < 4.78 is 36.4. The highest BCUT2D eigenvalue weighted by Crippen LogP contribution is 2.46. The molecule has 0 aromatic heterocycles. The maximum absolute atomic E-state index is 13.6. The van der Waals surface area contributed by atoms with Crippen molar-refractivity contribution in [1.29, 1.82) is 0 Å². The molecule has 1 atom stereocenters. The van der Waals surface area contributed by atoms with E-state index in [0.29, 0.717) is 16.4 Å². The maximum atomic E-state index is 13.6. The second-order valence-electron chi connectivity index (χ2n) is 8.21. The summed E-state index contributed by atoms with van der Waals surface area (Å²) in [5, 5.41) is 7.00. The minimum Gasteiger partial charge on any atom is -0.493 e. The van der Waals surface area contributed by atoms with Crippen molar-refractivity contribution in [2.45, 2.75) is 44.2 Å². The molecule has 0 spiro atoms. The van der Waals surface area contributed by atoms with Crippen LogP contribution in [0.2, 0.25) is 0 Å². The van der Waals surface area contributed by atoms with Gasteiger partial charge in [-0.3, -0.25) is 4.90 Å². The van der Waals surface area contributed by atoms with Crippen LogP contribution in [0.1, 0.15) is 42.1 Å². The molecule has 5 rings (SSSR count). The van der Waals surface area contributed by atoms with E-state index in [1.807, 2.05) is 26.0 Å². The Morgan fingerprint density at radius 3 is 2.21 bits per heavy atom. The molecule has 2 aliphatic heterocycles. The molecular formula is C30H40FNO5S2. The van der Waals surface area contributed by atoms with Gasteiger partial charge in [-0.15, -0.1) is 0 Å². The van der Waals surface area contributed by atoms with E-state index in [1.165, 1.54) is 28.8 Å². The molecule has 0 fully saturated rings. The lowest BCUT2D eigenvalue weighted by Gasteiger charge is -2.42. The zero-order valence-corrected chi connectivity index (χ0v) is 25.5. The van der Waals surface area contributed by atoms with Crippen molar-refractivity contribution in [3.63, 3.8) is 0 Å². The molecule has 2 heterocycles. The van der Waals surface area contributed by atoms with E-state index in [9.17, 15) is 4.39 Å². The Bertz CT molecular complexity index is 1190. The minimum absolute atomic E-state index is 0.262. The van der Waals surface area contributed by atoms with Gasteiger partial charge in [-0.2, -0.15) is 12.6 Å². The number of thiol groups is 1.